The van der Waals surface area contributed by atoms with E-state index in [1.807, 2.05) is 36.4 Å². The van der Waals surface area contributed by atoms with Crippen LogP contribution in [-0.4, -0.2) is 75.2 Å². The number of carbonyl (C=O) groups excluding carboxylic acids is 7. The standard InChI is InChI=1S/C38H31N5O9/c1-21(44)33-39-19-27(20-40-33)52-26-9-6-24(7-10-26)38(14-16-51-17-15-38)23-4-2-22(3-5-23)32(46)35(48)41-25-8-11-28-29(18-25)37(50)43(36(28)49)30-12-13-31(45)42-34(30)47/h2-11,18-20,30H,12-17H2,1H3,(H,41,48)(H,42,45,47). The van der Waals surface area contributed by atoms with E-state index in [1.54, 1.807) is 12.1 Å². The van der Waals surface area contributed by atoms with Crippen molar-refractivity contribution < 1.29 is 43.0 Å². The molecule has 7 rings (SSSR count). The number of anilines is 1. The van der Waals surface area contributed by atoms with Crippen LogP contribution in [-0.2, 0) is 24.5 Å². The zero-order valence-corrected chi connectivity index (χ0v) is 27.8. The third-order valence-electron chi connectivity index (χ3n) is 9.54. The molecule has 2 N–H and O–H groups in total. The third-order valence-corrected chi connectivity index (χ3v) is 9.54. The zero-order valence-electron chi connectivity index (χ0n) is 27.8. The largest absolute Gasteiger partial charge is 0.454 e. The molecule has 3 aliphatic rings. The number of amides is 5. The minimum atomic E-state index is -1.12. The van der Waals surface area contributed by atoms with E-state index in [1.165, 1.54) is 37.5 Å². The highest BCUT2D eigenvalue weighted by atomic mass is 16.5. The van der Waals surface area contributed by atoms with Gasteiger partial charge in [-0.3, -0.25) is 43.8 Å². The molecule has 14 heteroatoms. The molecule has 52 heavy (non-hydrogen) atoms. The first-order valence-electron chi connectivity index (χ1n) is 16.5. The topological polar surface area (TPSA) is 191 Å². The lowest BCUT2D eigenvalue weighted by Crippen LogP contribution is -2.54. The smallest absolute Gasteiger partial charge is 0.296 e. The summed E-state index contributed by atoms with van der Waals surface area (Å²) in [5.74, 6) is -3.55. The quantitative estimate of drug-likeness (QED) is 0.147. The Kier molecular flexibility index (Phi) is 8.98. The number of carbonyl (C=O) groups is 7. The number of ketones is 2. The van der Waals surface area contributed by atoms with Crippen molar-refractivity contribution in [3.63, 3.8) is 0 Å². The van der Waals surface area contributed by atoms with E-state index in [2.05, 4.69) is 20.6 Å². The summed E-state index contributed by atoms with van der Waals surface area (Å²) in [7, 11) is 0. The van der Waals surface area contributed by atoms with Gasteiger partial charge in [-0.25, -0.2) is 9.97 Å². The minimum absolute atomic E-state index is 0.0101. The average molecular weight is 702 g/mol. The van der Waals surface area contributed by atoms with Crippen LogP contribution in [0.3, 0.4) is 0 Å². The van der Waals surface area contributed by atoms with Crippen molar-refractivity contribution in [1.82, 2.24) is 20.2 Å². The molecule has 1 unspecified atom stereocenters. The van der Waals surface area contributed by atoms with Crippen LogP contribution in [0.15, 0.2) is 79.1 Å². The van der Waals surface area contributed by atoms with Crippen molar-refractivity contribution in [3.05, 3.63) is 113 Å². The van der Waals surface area contributed by atoms with Gasteiger partial charge < -0.3 is 14.8 Å². The van der Waals surface area contributed by atoms with Gasteiger partial charge in [0.05, 0.1) is 23.5 Å². The van der Waals surface area contributed by atoms with E-state index >= 15 is 0 Å². The van der Waals surface area contributed by atoms with E-state index in [0.29, 0.717) is 37.6 Å². The molecule has 1 atom stereocenters. The Morgan fingerprint density at radius 2 is 1.48 bits per heavy atom. The Labute approximate surface area is 296 Å². The first-order chi connectivity index (χ1) is 25.0. The van der Waals surface area contributed by atoms with Gasteiger partial charge in [0.2, 0.25) is 11.8 Å². The number of fused-ring (bicyclic) bond motifs is 1. The summed E-state index contributed by atoms with van der Waals surface area (Å²) in [6.07, 6.45) is 4.25. The van der Waals surface area contributed by atoms with Crippen molar-refractivity contribution in [2.75, 3.05) is 18.5 Å². The summed E-state index contributed by atoms with van der Waals surface area (Å²) >= 11 is 0. The highest BCUT2D eigenvalue weighted by Crippen LogP contribution is 2.42. The van der Waals surface area contributed by atoms with Crippen molar-refractivity contribution in [3.8, 4) is 11.5 Å². The van der Waals surface area contributed by atoms with Gasteiger partial charge in [-0.15, -0.1) is 0 Å². The summed E-state index contributed by atoms with van der Waals surface area (Å²) in [5, 5.41) is 4.66. The Hall–Kier alpha value is -6.41. The molecule has 1 aromatic heterocycles. The van der Waals surface area contributed by atoms with Crippen LogP contribution in [0.2, 0.25) is 0 Å². The lowest BCUT2D eigenvalue weighted by atomic mass is 9.69. The number of ether oxygens (including phenoxy) is 2. The Morgan fingerprint density at radius 3 is 2.12 bits per heavy atom. The molecule has 3 aliphatic heterocycles. The molecule has 5 amide bonds. The highest BCUT2D eigenvalue weighted by Gasteiger charge is 2.45. The van der Waals surface area contributed by atoms with Gasteiger partial charge in [0, 0.05) is 43.2 Å². The molecule has 3 aromatic carbocycles. The maximum absolute atomic E-state index is 13.2. The summed E-state index contributed by atoms with van der Waals surface area (Å²) < 4.78 is 11.6. The van der Waals surface area contributed by atoms with Crippen LogP contribution in [0, 0.1) is 0 Å². The maximum Gasteiger partial charge on any atom is 0.296 e. The van der Waals surface area contributed by atoms with Crippen molar-refractivity contribution in [1.29, 1.82) is 0 Å². The fraction of sp³-hybridized carbons (Fsp3) is 0.237. The van der Waals surface area contributed by atoms with Crippen LogP contribution in [0.25, 0.3) is 0 Å². The molecule has 0 bridgehead atoms. The predicted octanol–water partition coefficient (Wildman–Crippen LogP) is 3.79. The summed E-state index contributed by atoms with van der Waals surface area (Å²) in [5.41, 5.74) is 1.83. The molecular weight excluding hydrogens is 670 g/mol. The number of benzene rings is 3. The van der Waals surface area contributed by atoms with E-state index in [-0.39, 0.29) is 46.8 Å². The van der Waals surface area contributed by atoms with Crippen LogP contribution < -0.4 is 15.4 Å². The molecule has 262 valence electrons. The van der Waals surface area contributed by atoms with Crippen molar-refractivity contribution in [2.24, 2.45) is 0 Å². The maximum atomic E-state index is 13.2. The third kappa shape index (κ3) is 6.35. The number of piperidine rings is 1. The Balaban J connectivity index is 1.04. The minimum Gasteiger partial charge on any atom is -0.454 e. The van der Waals surface area contributed by atoms with Crippen LogP contribution >= 0.6 is 0 Å². The molecule has 4 aromatic rings. The molecule has 0 saturated carbocycles. The van der Waals surface area contributed by atoms with E-state index < -0.39 is 46.8 Å². The molecule has 2 fully saturated rings. The average Bonchev–Trinajstić information content (AvgIpc) is 3.40. The van der Waals surface area contributed by atoms with E-state index in [0.717, 1.165) is 16.0 Å². The Bertz CT molecular complexity index is 2140. The number of hydrogen-bond donors (Lipinski definition) is 2. The lowest BCUT2D eigenvalue weighted by Gasteiger charge is -2.38. The number of rotatable bonds is 9. The van der Waals surface area contributed by atoms with Gasteiger partial charge >= 0.3 is 0 Å². The van der Waals surface area contributed by atoms with E-state index in [9.17, 15) is 33.6 Å². The predicted molar refractivity (Wildman–Crippen MR) is 182 cm³/mol. The molecule has 14 nitrogen and oxygen atoms in total. The summed E-state index contributed by atoms with van der Waals surface area (Å²) in [6.45, 7) is 2.45. The fourth-order valence-electron chi connectivity index (χ4n) is 6.80. The van der Waals surface area contributed by atoms with Crippen molar-refractivity contribution >= 4 is 46.8 Å². The van der Waals surface area contributed by atoms with Crippen LogP contribution in [0.1, 0.15) is 85.4 Å². The second kappa shape index (κ2) is 13.7. The SMILES string of the molecule is CC(=O)c1ncc(Oc2ccc(C3(c4ccc(C(=O)C(=O)Nc5ccc6c(c5)C(=O)N(C5CCC(=O)NC5=O)C6=O)cc4)CCOCC3)cc2)cn1. The van der Waals surface area contributed by atoms with Gasteiger partial charge in [-0.2, -0.15) is 0 Å². The summed E-state index contributed by atoms with van der Waals surface area (Å²) in [4.78, 5) is 96.7. The van der Waals surface area contributed by atoms with Gasteiger partial charge in [0.15, 0.2) is 17.4 Å². The van der Waals surface area contributed by atoms with Gasteiger partial charge in [-0.05, 0) is 60.7 Å². The Morgan fingerprint density at radius 1 is 0.846 bits per heavy atom. The lowest BCUT2D eigenvalue weighted by molar-refractivity contribution is -0.136. The molecule has 0 spiro atoms. The highest BCUT2D eigenvalue weighted by molar-refractivity contribution is 6.46. The van der Waals surface area contributed by atoms with Crippen LogP contribution in [0.5, 0.6) is 11.5 Å². The molecule has 0 radical (unpaired) electrons. The number of Topliss-reactive ketones (excluding diaryl/α,β-unsaturated/α-hetero) is 2. The van der Waals surface area contributed by atoms with Crippen LogP contribution in [0.4, 0.5) is 5.69 Å². The molecule has 4 heterocycles. The van der Waals surface area contributed by atoms with Gasteiger partial charge in [-0.1, -0.05) is 36.4 Å². The second-order valence-corrected chi connectivity index (χ2v) is 12.7. The number of aromatic nitrogens is 2. The van der Waals surface area contributed by atoms with Gasteiger partial charge in [0.25, 0.3) is 23.5 Å². The molecular formula is C38H31N5O9. The monoisotopic (exact) mass is 701 g/mol. The van der Waals surface area contributed by atoms with E-state index in [4.69, 9.17) is 9.47 Å². The normalized spacial score (nSPS) is 18.0. The first-order valence-corrected chi connectivity index (χ1v) is 16.5. The van der Waals surface area contributed by atoms with Gasteiger partial charge in [0.1, 0.15) is 11.8 Å². The first kappa shape index (κ1) is 34.1. The second-order valence-electron chi connectivity index (χ2n) is 12.7. The number of hydrogen-bond acceptors (Lipinski definition) is 11. The number of nitrogens with zero attached hydrogens (tertiary/aromatic N) is 3. The van der Waals surface area contributed by atoms with Crippen molar-refractivity contribution in [2.45, 2.75) is 44.1 Å². The fourth-order valence-corrected chi connectivity index (χ4v) is 6.80. The number of nitrogens with one attached hydrogen (secondary N) is 2. The molecule has 0 aliphatic carbocycles. The zero-order chi connectivity index (χ0) is 36.6. The molecule has 2 saturated heterocycles. The number of imide groups is 2. The summed E-state index contributed by atoms with van der Waals surface area (Å²) in [6, 6.07) is 17.4.